The van der Waals surface area contributed by atoms with Gasteiger partial charge in [-0.1, -0.05) is 0 Å². The normalized spacial score (nSPS) is 18.4. The summed E-state index contributed by atoms with van der Waals surface area (Å²) in [6, 6.07) is 5.89. The number of rotatable bonds is 7. The molecule has 1 atom stereocenters. The van der Waals surface area contributed by atoms with Crippen LogP contribution in [0.2, 0.25) is 0 Å². The van der Waals surface area contributed by atoms with Crippen molar-refractivity contribution < 1.29 is 23.9 Å². The highest BCUT2D eigenvalue weighted by Crippen LogP contribution is 2.18. The van der Waals surface area contributed by atoms with Gasteiger partial charge in [-0.3, -0.25) is 19.8 Å². The number of carbonyl (C=O) groups is 1. The molecule has 0 amide bonds. The van der Waals surface area contributed by atoms with E-state index in [2.05, 4.69) is 0 Å². The number of carbonyl (C=O) groups excluding carboxylic acids is 1. The second-order valence-corrected chi connectivity index (χ2v) is 5.09. The van der Waals surface area contributed by atoms with Crippen LogP contribution in [0.4, 0.5) is 5.69 Å². The Kier molecular flexibility index (Phi) is 6.30. The van der Waals surface area contributed by atoms with Gasteiger partial charge in [0.15, 0.2) is 0 Å². The molecule has 0 N–H and O–H groups in total. The van der Waals surface area contributed by atoms with E-state index in [1.165, 1.54) is 12.1 Å². The zero-order valence-corrected chi connectivity index (χ0v) is 13.0. The van der Waals surface area contributed by atoms with Crippen molar-refractivity contribution in [3.63, 3.8) is 0 Å². The molecule has 1 aliphatic rings. The van der Waals surface area contributed by atoms with Crippen molar-refractivity contribution in [2.45, 2.75) is 13.0 Å². The Labute approximate surface area is 134 Å². The Morgan fingerprint density at radius 1 is 1.43 bits per heavy atom. The summed E-state index contributed by atoms with van der Waals surface area (Å²) < 4.78 is 16.1. The van der Waals surface area contributed by atoms with Crippen molar-refractivity contribution in [3.8, 4) is 5.75 Å². The smallest absolute Gasteiger partial charge is 0.320 e. The highest BCUT2D eigenvalue weighted by atomic mass is 16.6. The highest BCUT2D eigenvalue weighted by Gasteiger charge is 2.23. The molecule has 2 rings (SSSR count). The van der Waals surface area contributed by atoms with Crippen LogP contribution < -0.4 is 4.74 Å². The number of benzene rings is 1. The molecule has 0 spiro atoms. The minimum Gasteiger partial charge on any atom is -0.491 e. The van der Waals surface area contributed by atoms with Crippen molar-refractivity contribution in [2.75, 3.05) is 39.5 Å². The molecule has 1 fully saturated rings. The first kappa shape index (κ1) is 17.2. The fraction of sp³-hybridized carbons (Fsp3) is 0.533. The summed E-state index contributed by atoms with van der Waals surface area (Å²) in [5, 5.41) is 10.6. The Bertz CT molecular complexity index is 533. The molecule has 1 aliphatic heterocycles. The maximum absolute atomic E-state index is 11.5. The lowest BCUT2D eigenvalue weighted by atomic mass is 10.2. The molecule has 126 valence electrons. The van der Waals surface area contributed by atoms with Gasteiger partial charge < -0.3 is 14.2 Å². The number of ether oxygens (including phenoxy) is 3. The molecule has 1 unspecified atom stereocenters. The van der Waals surface area contributed by atoms with Crippen LogP contribution in [0, 0.1) is 10.1 Å². The minimum atomic E-state index is -0.457. The average molecular weight is 324 g/mol. The lowest BCUT2D eigenvalue weighted by molar-refractivity contribution is -0.384. The second-order valence-electron chi connectivity index (χ2n) is 5.09. The molecule has 0 saturated carbocycles. The highest BCUT2D eigenvalue weighted by molar-refractivity contribution is 5.71. The molecule has 1 aromatic carbocycles. The molecule has 0 aliphatic carbocycles. The molecule has 1 saturated heterocycles. The number of nitro benzene ring substituents is 1. The molecule has 0 aromatic heterocycles. The van der Waals surface area contributed by atoms with E-state index in [-0.39, 0.29) is 24.3 Å². The Morgan fingerprint density at radius 3 is 2.83 bits per heavy atom. The fourth-order valence-corrected chi connectivity index (χ4v) is 2.27. The lowest BCUT2D eigenvalue weighted by Gasteiger charge is -2.31. The maximum Gasteiger partial charge on any atom is 0.320 e. The summed E-state index contributed by atoms with van der Waals surface area (Å²) in [5.74, 6) is 0.297. The summed E-state index contributed by atoms with van der Waals surface area (Å²) in [6.07, 6.45) is -0.159. The van der Waals surface area contributed by atoms with E-state index < -0.39 is 4.92 Å². The average Bonchev–Trinajstić information content (AvgIpc) is 2.54. The topological polar surface area (TPSA) is 91.1 Å². The zero-order chi connectivity index (χ0) is 16.7. The van der Waals surface area contributed by atoms with Crippen LogP contribution in [-0.4, -0.2) is 61.4 Å². The van der Waals surface area contributed by atoms with Crippen molar-refractivity contribution in [2.24, 2.45) is 0 Å². The van der Waals surface area contributed by atoms with Crippen LogP contribution in [0.5, 0.6) is 5.75 Å². The molecule has 23 heavy (non-hydrogen) atoms. The number of nitrogens with zero attached hydrogens (tertiary/aromatic N) is 2. The van der Waals surface area contributed by atoms with E-state index >= 15 is 0 Å². The van der Waals surface area contributed by atoms with Crippen molar-refractivity contribution in [3.05, 3.63) is 34.4 Å². The van der Waals surface area contributed by atoms with E-state index in [1.807, 2.05) is 4.90 Å². The lowest BCUT2D eigenvalue weighted by Crippen LogP contribution is -2.47. The van der Waals surface area contributed by atoms with Crippen LogP contribution >= 0.6 is 0 Å². The molecule has 8 heteroatoms. The predicted molar refractivity (Wildman–Crippen MR) is 81.4 cm³/mol. The number of morpholine rings is 1. The van der Waals surface area contributed by atoms with Crippen LogP contribution in [0.3, 0.4) is 0 Å². The maximum atomic E-state index is 11.5. The van der Waals surface area contributed by atoms with E-state index in [1.54, 1.807) is 19.1 Å². The van der Waals surface area contributed by atoms with Gasteiger partial charge in [0.1, 0.15) is 18.5 Å². The molecular formula is C15H20N2O6. The third-order valence-corrected chi connectivity index (χ3v) is 3.36. The zero-order valence-electron chi connectivity index (χ0n) is 13.0. The van der Waals surface area contributed by atoms with Crippen LogP contribution in [0.25, 0.3) is 0 Å². The summed E-state index contributed by atoms with van der Waals surface area (Å²) in [5.41, 5.74) is 0.0203. The van der Waals surface area contributed by atoms with Crippen LogP contribution in [0.1, 0.15) is 6.92 Å². The Hall–Kier alpha value is -2.19. The van der Waals surface area contributed by atoms with E-state index in [4.69, 9.17) is 14.2 Å². The predicted octanol–water partition coefficient (Wildman–Crippen LogP) is 1.24. The summed E-state index contributed by atoms with van der Waals surface area (Å²) in [7, 11) is 0. The van der Waals surface area contributed by atoms with Gasteiger partial charge in [0.2, 0.25) is 0 Å². The van der Waals surface area contributed by atoms with Gasteiger partial charge in [0.05, 0.1) is 24.7 Å². The van der Waals surface area contributed by atoms with E-state index in [0.717, 1.165) is 0 Å². The molecule has 1 heterocycles. The van der Waals surface area contributed by atoms with Gasteiger partial charge >= 0.3 is 5.97 Å². The van der Waals surface area contributed by atoms with Gasteiger partial charge in [-0.15, -0.1) is 0 Å². The van der Waals surface area contributed by atoms with Crippen LogP contribution in [0.15, 0.2) is 24.3 Å². The van der Waals surface area contributed by atoms with Gasteiger partial charge in [0.25, 0.3) is 5.69 Å². The minimum absolute atomic E-state index is 0.0203. The second kappa shape index (κ2) is 8.44. The Balaban J connectivity index is 1.78. The molecule has 1 aromatic rings. The standard InChI is InChI=1S/C15H20N2O6/c1-2-21-15(18)10-16-7-8-22-14(9-16)11-23-13-5-3-12(4-6-13)17(19)20/h3-6,14H,2,7-11H2,1H3. The van der Waals surface area contributed by atoms with Gasteiger partial charge in [-0.2, -0.15) is 0 Å². The first-order valence-electron chi connectivity index (χ1n) is 7.45. The van der Waals surface area contributed by atoms with Gasteiger partial charge in [-0.05, 0) is 19.1 Å². The number of hydrogen-bond acceptors (Lipinski definition) is 7. The number of nitro groups is 1. The molecule has 8 nitrogen and oxygen atoms in total. The first-order valence-corrected chi connectivity index (χ1v) is 7.45. The summed E-state index contributed by atoms with van der Waals surface area (Å²) >= 11 is 0. The molecule has 0 bridgehead atoms. The fourth-order valence-electron chi connectivity index (χ4n) is 2.27. The van der Waals surface area contributed by atoms with Crippen LogP contribution in [-0.2, 0) is 14.3 Å². The van der Waals surface area contributed by atoms with Gasteiger partial charge in [0, 0.05) is 25.2 Å². The molecular weight excluding hydrogens is 304 g/mol. The monoisotopic (exact) mass is 324 g/mol. The number of esters is 1. The van der Waals surface area contributed by atoms with E-state index in [9.17, 15) is 14.9 Å². The summed E-state index contributed by atoms with van der Waals surface area (Å²) in [6.45, 7) is 4.47. The first-order chi connectivity index (χ1) is 11.1. The number of non-ortho nitro benzene ring substituents is 1. The third-order valence-electron chi connectivity index (χ3n) is 3.36. The van der Waals surface area contributed by atoms with Crippen molar-refractivity contribution in [1.82, 2.24) is 4.90 Å². The quantitative estimate of drug-likeness (QED) is 0.423. The number of hydrogen-bond donors (Lipinski definition) is 0. The Morgan fingerprint density at radius 2 is 2.17 bits per heavy atom. The van der Waals surface area contributed by atoms with Crippen molar-refractivity contribution in [1.29, 1.82) is 0 Å². The summed E-state index contributed by atoms with van der Waals surface area (Å²) in [4.78, 5) is 23.6. The van der Waals surface area contributed by atoms with Crippen molar-refractivity contribution >= 4 is 11.7 Å². The SMILES string of the molecule is CCOC(=O)CN1CCOC(COc2ccc([N+](=O)[O-])cc2)C1. The largest absolute Gasteiger partial charge is 0.491 e. The third kappa shape index (κ3) is 5.50. The molecule has 0 radical (unpaired) electrons. The van der Waals surface area contributed by atoms with E-state index in [0.29, 0.717) is 38.7 Å². The van der Waals surface area contributed by atoms with Gasteiger partial charge in [-0.25, -0.2) is 0 Å².